The first-order chi connectivity index (χ1) is 15.2. The lowest BCUT2D eigenvalue weighted by molar-refractivity contribution is -1.02. The molecule has 2 heterocycles. The Balaban J connectivity index is 1.77. The molecule has 2 N–H and O–H groups in total. The Bertz CT molecular complexity index is 703. The molecule has 1 saturated carbocycles. The molecule has 3 aliphatic rings. The third-order valence-electron chi connectivity index (χ3n) is 7.15. The number of carboxylic acid groups (broad SMARTS) is 1. The van der Waals surface area contributed by atoms with E-state index in [1.807, 2.05) is 0 Å². The van der Waals surface area contributed by atoms with Crippen LogP contribution in [-0.4, -0.2) is 89.3 Å². The van der Waals surface area contributed by atoms with E-state index in [9.17, 15) is 29.5 Å². The van der Waals surface area contributed by atoms with Crippen molar-refractivity contribution in [1.29, 1.82) is 0 Å². The molecule has 0 spiro atoms. The SMILES string of the molecule is C[N+](O)(C=O)C[C@@H](CC1CCCC1)C(=O)N1CCC[C@H]1C(=O)N(C(=O)[O-])C1CCCNC1. The average Bonchev–Trinajstić information content (AvgIpc) is 3.45. The van der Waals surface area contributed by atoms with Crippen LogP contribution in [0.25, 0.3) is 0 Å². The number of hydrogen-bond donors (Lipinski definition) is 2. The van der Waals surface area contributed by atoms with Gasteiger partial charge in [0.2, 0.25) is 5.91 Å². The molecule has 0 aromatic rings. The quantitative estimate of drug-likeness (QED) is 0.231. The molecule has 2 saturated heterocycles. The van der Waals surface area contributed by atoms with Crippen LogP contribution in [-0.2, 0) is 14.4 Å². The van der Waals surface area contributed by atoms with Crippen molar-refractivity contribution in [2.45, 2.75) is 69.9 Å². The zero-order valence-corrected chi connectivity index (χ0v) is 18.9. The highest BCUT2D eigenvalue weighted by Crippen LogP contribution is 2.33. The van der Waals surface area contributed by atoms with E-state index in [4.69, 9.17) is 0 Å². The number of carbonyl (C=O) groups is 4. The highest BCUT2D eigenvalue weighted by molar-refractivity contribution is 5.96. The van der Waals surface area contributed by atoms with Gasteiger partial charge in [-0.05, 0) is 44.6 Å². The Hall–Kier alpha value is -2.04. The predicted molar refractivity (Wildman–Crippen MR) is 112 cm³/mol. The number of amides is 4. The van der Waals surface area contributed by atoms with E-state index in [0.717, 1.165) is 43.5 Å². The molecule has 3 fully saturated rings. The van der Waals surface area contributed by atoms with Crippen LogP contribution < -0.4 is 10.4 Å². The van der Waals surface area contributed by atoms with E-state index in [0.29, 0.717) is 51.1 Å². The van der Waals surface area contributed by atoms with Gasteiger partial charge in [0.25, 0.3) is 5.91 Å². The summed E-state index contributed by atoms with van der Waals surface area (Å²) in [4.78, 5) is 52.3. The molecule has 3 rings (SSSR count). The van der Waals surface area contributed by atoms with Crippen molar-refractivity contribution in [3.63, 3.8) is 0 Å². The van der Waals surface area contributed by atoms with Crippen LogP contribution >= 0.6 is 0 Å². The molecule has 10 heteroatoms. The standard InChI is InChI=1S/C22H36N4O6/c1-26(32,15-27)14-17(12-16-6-2-3-7-16)20(28)24-11-5-9-19(24)21(29)25(22(30)31)18-8-4-10-23-13-18/h15-19,23,32H,2-14H2,1H3/t17-,18?,19+,26?/m1/s1. The summed E-state index contributed by atoms with van der Waals surface area (Å²) in [5.74, 6) is -1.16. The molecule has 4 amide bonds. The van der Waals surface area contributed by atoms with Gasteiger partial charge in [0.05, 0.1) is 12.0 Å². The van der Waals surface area contributed by atoms with Crippen molar-refractivity contribution >= 4 is 24.3 Å². The Morgan fingerprint density at radius 2 is 1.91 bits per heavy atom. The smallest absolute Gasteiger partial charge is 0.333 e. The van der Waals surface area contributed by atoms with Crippen LogP contribution in [0.4, 0.5) is 4.79 Å². The van der Waals surface area contributed by atoms with Crippen LogP contribution in [0.5, 0.6) is 0 Å². The number of hydroxylamine groups is 3. The van der Waals surface area contributed by atoms with Gasteiger partial charge >= 0.3 is 6.41 Å². The minimum Gasteiger partial charge on any atom is -0.530 e. The minimum absolute atomic E-state index is 0.0625. The zero-order valence-electron chi connectivity index (χ0n) is 18.9. The van der Waals surface area contributed by atoms with Gasteiger partial charge in [-0.1, -0.05) is 25.7 Å². The summed E-state index contributed by atoms with van der Waals surface area (Å²) in [6, 6.07) is -1.36. The third-order valence-corrected chi connectivity index (χ3v) is 7.15. The monoisotopic (exact) mass is 452 g/mol. The molecule has 2 unspecified atom stereocenters. The first-order valence-electron chi connectivity index (χ1n) is 11.8. The van der Waals surface area contributed by atoms with Gasteiger partial charge in [-0.15, -0.1) is 4.65 Å². The lowest BCUT2D eigenvalue weighted by Gasteiger charge is -2.38. The van der Waals surface area contributed by atoms with Crippen LogP contribution in [0.2, 0.25) is 0 Å². The number of nitrogens with zero attached hydrogens (tertiary/aromatic N) is 3. The highest BCUT2D eigenvalue weighted by atomic mass is 16.6. The number of hydrogen-bond acceptors (Lipinski definition) is 7. The van der Waals surface area contributed by atoms with Crippen LogP contribution in [0.15, 0.2) is 0 Å². The molecular weight excluding hydrogens is 416 g/mol. The molecule has 10 nitrogen and oxygen atoms in total. The number of imide groups is 1. The Morgan fingerprint density at radius 3 is 2.50 bits per heavy atom. The molecule has 1 aliphatic carbocycles. The topological polar surface area (TPSA) is 130 Å². The number of carbonyl (C=O) groups excluding carboxylic acids is 4. The Morgan fingerprint density at radius 1 is 1.19 bits per heavy atom. The molecule has 2 aliphatic heterocycles. The summed E-state index contributed by atoms with van der Waals surface area (Å²) < 4.78 is -0.922. The van der Waals surface area contributed by atoms with Crippen molar-refractivity contribution in [2.24, 2.45) is 11.8 Å². The van der Waals surface area contributed by atoms with Gasteiger partial charge in [0, 0.05) is 13.1 Å². The van der Waals surface area contributed by atoms with Crippen molar-refractivity contribution in [3.05, 3.63) is 0 Å². The summed E-state index contributed by atoms with van der Waals surface area (Å²) >= 11 is 0. The molecule has 32 heavy (non-hydrogen) atoms. The summed E-state index contributed by atoms with van der Waals surface area (Å²) in [6.45, 7) is 1.45. The third kappa shape index (κ3) is 5.85. The largest absolute Gasteiger partial charge is 0.530 e. The highest BCUT2D eigenvalue weighted by Gasteiger charge is 2.43. The lowest BCUT2D eigenvalue weighted by Crippen LogP contribution is -2.60. The maximum Gasteiger partial charge on any atom is 0.333 e. The second kappa shape index (κ2) is 10.7. The fraction of sp³-hybridized carbons (Fsp3) is 0.818. The summed E-state index contributed by atoms with van der Waals surface area (Å²) in [5, 5.41) is 25.3. The second-order valence-corrected chi connectivity index (χ2v) is 9.75. The van der Waals surface area contributed by atoms with E-state index < -0.39 is 34.6 Å². The number of nitrogens with one attached hydrogen (secondary N) is 1. The summed E-state index contributed by atoms with van der Waals surface area (Å²) in [5.41, 5.74) is 0. The summed E-state index contributed by atoms with van der Waals surface area (Å²) in [6.07, 6.45) is 5.96. The molecule has 0 aromatic carbocycles. The van der Waals surface area contributed by atoms with Gasteiger partial charge < -0.3 is 20.1 Å². The van der Waals surface area contributed by atoms with Gasteiger partial charge in [-0.3, -0.25) is 14.5 Å². The van der Waals surface area contributed by atoms with Gasteiger partial charge in [0.1, 0.15) is 25.7 Å². The minimum atomic E-state index is -1.54. The van der Waals surface area contributed by atoms with Gasteiger partial charge in [-0.2, -0.15) is 0 Å². The normalized spacial score (nSPS) is 27.0. The van der Waals surface area contributed by atoms with Gasteiger partial charge in [-0.25, -0.2) is 10.0 Å². The van der Waals surface area contributed by atoms with Crippen molar-refractivity contribution in [3.8, 4) is 0 Å². The van der Waals surface area contributed by atoms with Gasteiger partial charge in [0.15, 0.2) is 0 Å². The van der Waals surface area contributed by atoms with Crippen LogP contribution in [0.1, 0.15) is 57.8 Å². The average molecular weight is 453 g/mol. The number of quaternary nitrogens is 1. The molecular formula is C22H36N4O6. The molecule has 180 valence electrons. The lowest BCUT2D eigenvalue weighted by atomic mass is 9.91. The van der Waals surface area contributed by atoms with E-state index in [2.05, 4.69) is 5.32 Å². The van der Waals surface area contributed by atoms with Crippen LogP contribution in [0.3, 0.4) is 0 Å². The van der Waals surface area contributed by atoms with Crippen molar-refractivity contribution < 1.29 is 34.1 Å². The molecule has 0 bridgehead atoms. The summed E-state index contributed by atoms with van der Waals surface area (Å²) in [7, 11) is 1.34. The number of likely N-dealkylation sites (tertiary alicyclic amines) is 1. The van der Waals surface area contributed by atoms with Crippen LogP contribution in [0, 0.1) is 11.8 Å². The maximum absolute atomic E-state index is 13.6. The second-order valence-electron chi connectivity index (χ2n) is 9.75. The Labute approximate surface area is 189 Å². The zero-order chi connectivity index (χ0) is 23.3. The first kappa shape index (κ1) is 24.6. The van der Waals surface area contributed by atoms with E-state index in [1.165, 1.54) is 11.9 Å². The fourth-order valence-corrected chi connectivity index (χ4v) is 5.55. The van der Waals surface area contributed by atoms with E-state index in [1.54, 1.807) is 0 Å². The predicted octanol–water partition coefficient (Wildman–Crippen LogP) is 0.0900. The fourth-order valence-electron chi connectivity index (χ4n) is 5.55. The Kier molecular flexibility index (Phi) is 8.24. The molecule has 4 atom stereocenters. The number of piperidine rings is 1. The first-order valence-corrected chi connectivity index (χ1v) is 11.8. The molecule has 0 aromatic heterocycles. The molecule has 0 radical (unpaired) electrons. The maximum atomic E-state index is 13.6. The number of rotatable bonds is 8. The van der Waals surface area contributed by atoms with Crippen molar-refractivity contribution in [2.75, 3.05) is 33.2 Å². The van der Waals surface area contributed by atoms with E-state index >= 15 is 0 Å². The van der Waals surface area contributed by atoms with E-state index in [-0.39, 0.29) is 12.5 Å². The van der Waals surface area contributed by atoms with Crippen molar-refractivity contribution in [1.82, 2.24) is 15.1 Å².